The highest BCUT2D eigenvalue weighted by Gasteiger charge is 2.16. The Labute approximate surface area is 175 Å². The van der Waals surface area contributed by atoms with E-state index in [-0.39, 0.29) is 12.1 Å². The number of carbonyl (C=O) groups excluding carboxylic acids is 1. The summed E-state index contributed by atoms with van der Waals surface area (Å²) in [4.78, 5) is 17.1. The van der Waals surface area contributed by atoms with Crippen molar-refractivity contribution in [2.24, 2.45) is 7.05 Å². The molecular weight excluding hydrogens is 374 g/mol. The lowest BCUT2D eigenvalue weighted by atomic mass is 9.99. The number of nitrogens with zero attached hydrogens (tertiary/aromatic N) is 3. The quantitative estimate of drug-likeness (QED) is 0.515. The molecular formula is C24H23N5O. The minimum Gasteiger partial charge on any atom is -0.334 e. The smallest absolute Gasteiger partial charge is 0.315 e. The number of urea groups is 1. The van der Waals surface area contributed by atoms with Crippen molar-refractivity contribution in [2.45, 2.75) is 12.6 Å². The average Bonchev–Trinajstić information content (AvgIpc) is 3.24. The molecule has 0 aliphatic carbocycles. The van der Waals surface area contributed by atoms with Gasteiger partial charge in [-0.1, -0.05) is 60.7 Å². The first-order valence-electron chi connectivity index (χ1n) is 9.77. The van der Waals surface area contributed by atoms with Gasteiger partial charge in [0.05, 0.1) is 17.9 Å². The maximum Gasteiger partial charge on any atom is 0.315 e. The second-order valence-electron chi connectivity index (χ2n) is 7.03. The number of aromatic nitrogens is 3. The molecule has 0 fully saturated rings. The molecule has 2 aromatic heterocycles. The van der Waals surface area contributed by atoms with Gasteiger partial charge in [-0.05, 0) is 28.8 Å². The summed E-state index contributed by atoms with van der Waals surface area (Å²) in [5, 5.41) is 10.2. The number of rotatable bonds is 6. The van der Waals surface area contributed by atoms with Gasteiger partial charge in [0.25, 0.3) is 0 Å². The zero-order chi connectivity index (χ0) is 20.8. The van der Waals surface area contributed by atoms with Crippen molar-refractivity contribution < 1.29 is 4.79 Å². The number of pyridine rings is 1. The molecule has 2 amide bonds. The maximum atomic E-state index is 12.7. The van der Waals surface area contributed by atoms with E-state index in [0.29, 0.717) is 6.54 Å². The van der Waals surface area contributed by atoms with Crippen molar-refractivity contribution in [3.8, 4) is 11.3 Å². The zero-order valence-electron chi connectivity index (χ0n) is 16.7. The SMILES string of the molecule is Cn1cc(-c2cc(CNC(=O)NC(c3ccccc3)c3ccccc3)ccn2)cn1. The molecule has 30 heavy (non-hydrogen) atoms. The first kappa shape index (κ1) is 19.4. The van der Waals surface area contributed by atoms with Gasteiger partial charge < -0.3 is 10.6 Å². The average molecular weight is 397 g/mol. The summed E-state index contributed by atoms with van der Waals surface area (Å²) in [7, 11) is 1.87. The second-order valence-corrected chi connectivity index (χ2v) is 7.03. The molecule has 2 aromatic carbocycles. The molecule has 2 N–H and O–H groups in total. The number of nitrogens with one attached hydrogen (secondary N) is 2. The van der Waals surface area contributed by atoms with E-state index in [1.54, 1.807) is 17.1 Å². The molecule has 4 aromatic rings. The molecule has 0 aliphatic heterocycles. The van der Waals surface area contributed by atoms with Gasteiger partial charge >= 0.3 is 6.03 Å². The summed E-state index contributed by atoms with van der Waals surface area (Å²) >= 11 is 0. The number of aryl methyl sites for hydroxylation is 1. The zero-order valence-corrected chi connectivity index (χ0v) is 16.7. The molecule has 0 unspecified atom stereocenters. The van der Waals surface area contributed by atoms with E-state index in [0.717, 1.165) is 27.9 Å². The molecule has 6 heteroatoms. The molecule has 0 saturated carbocycles. The fourth-order valence-electron chi connectivity index (χ4n) is 3.31. The van der Waals surface area contributed by atoms with Gasteiger partial charge in [-0.2, -0.15) is 5.10 Å². The Hall–Kier alpha value is -3.93. The van der Waals surface area contributed by atoms with E-state index in [4.69, 9.17) is 0 Å². The van der Waals surface area contributed by atoms with Crippen molar-refractivity contribution in [3.63, 3.8) is 0 Å². The minimum atomic E-state index is -0.229. The van der Waals surface area contributed by atoms with Gasteiger partial charge in [-0.15, -0.1) is 0 Å². The van der Waals surface area contributed by atoms with E-state index in [1.807, 2.05) is 86.0 Å². The van der Waals surface area contributed by atoms with E-state index in [1.165, 1.54) is 0 Å². The van der Waals surface area contributed by atoms with Crippen LogP contribution in [0.4, 0.5) is 4.79 Å². The summed E-state index contributed by atoms with van der Waals surface area (Å²) in [6.07, 6.45) is 5.43. The third kappa shape index (κ3) is 4.72. The van der Waals surface area contributed by atoms with Crippen molar-refractivity contribution in [1.29, 1.82) is 0 Å². The van der Waals surface area contributed by atoms with Crippen LogP contribution in [0.15, 0.2) is 91.4 Å². The molecule has 4 rings (SSSR count). The predicted octanol–water partition coefficient (Wildman–Crippen LogP) is 4.07. The van der Waals surface area contributed by atoms with E-state index in [9.17, 15) is 4.79 Å². The van der Waals surface area contributed by atoms with E-state index in [2.05, 4.69) is 20.7 Å². The highest BCUT2D eigenvalue weighted by molar-refractivity contribution is 5.75. The molecule has 150 valence electrons. The fourth-order valence-corrected chi connectivity index (χ4v) is 3.31. The van der Waals surface area contributed by atoms with E-state index >= 15 is 0 Å². The highest BCUT2D eigenvalue weighted by atomic mass is 16.2. The summed E-state index contributed by atoms with van der Waals surface area (Å²) in [6, 6.07) is 23.3. The van der Waals surface area contributed by atoms with Crippen LogP contribution in [0.5, 0.6) is 0 Å². The number of carbonyl (C=O) groups is 1. The largest absolute Gasteiger partial charge is 0.334 e. The number of amides is 2. The third-order valence-corrected chi connectivity index (χ3v) is 4.82. The predicted molar refractivity (Wildman–Crippen MR) is 117 cm³/mol. The van der Waals surface area contributed by atoms with Crippen LogP contribution in [-0.4, -0.2) is 20.8 Å². The summed E-state index contributed by atoms with van der Waals surface area (Å²) in [6.45, 7) is 0.401. The lowest BCUT2D eigenvalue weighted by Crippen LogP contribution is -2.38. The summed E-state index contributed by atoms with van der Waals surface area (Å²) in [5.74, 6) is 0. The molecule has 0 bridgehead atoms. The first-order chi connectivity index (χ1) is 14.7. The van der Waals surface area contributed by atoms with Crippen molar-refractivity contribution >= 4 is 6.03 Å². The number of hydrogen-bond donors (Lipinski definition) is 2. The van der Waals surface area contributed by atoms with Gasteiger partial charge in [0.1, 0.15) is 0 Å². The molecule has 0 atom stereocenters. The van der Waals surface area contributed by atoms with Crippen LogP contribution in [-0.2, 0) is 13.6 Å². The van der Waals surface area contributed by atoms with Crippen LogP contribution in [0.2, 0.25) is 0 Å². The fraction of sp³-hybridized carbons (Fsp3) is 0.125. The lowest BCUT2D eigenvalue weighted by molar-refractivity contribution is 0.238. The Morgan fingerprint density at radius 1 is 1.00 bits per heavy atom. The molecule has 0 spiro atoms. The maximum absolute atomic E-state index is 12.7. The topological polar surface area (TPSA) is 71.8 Å². The third-order valence-electron chi connectivity index (χ3n) is 4.82. The molecule has 6 nitrogen and oxygen atoms in total. The molecule has 0 radical (unpaired) electrons. The Balaban J connectivity index is 1.44. The van der Waals surface area contributed by atoms with Crippen LogP contribution in [0.1, 0.15) is 22.7 Å². The van der Waals surface area contributed by atoms with Gasteiger partial charge in [0, 0.05) is 31.5 Å². The van der Waals surface area contributed by atoms with Gasteiger partial charge in [-0.3, -0.25) is 9.67 Å². The molecule has 0 saturated heterocycles. The number of benzene rings is 2. The Bertz CT molecular complexity index is 1070. The monoisotopic (exact) mass is 397 g/mol. The van der Waals surface area contributed by atoms with Gasteiger partial charge in [0.15, 0.2) is 0 Å². The first-order valence-corrected chi connectivity index (χ1v) is 9.77. The van der Waals surface area contributed by atoms with Crippen LogP contribution in [0.3, 0.4) is 0 Å². The van der Waals surface area contributed by atoms with Crippen molar-refractivity contribution in [3.05, 3.63) is 108 Å². The van der Waals surface area contributed by atoms with Crippen LogP contribution < -0.4 is 10.6 Å². The Morgan fingerprint density at radius 3 is 2.27 bits per heavy atom. The van der Waals surface area contributed by atoms with Crippen molar-refractivity contribution in [1.82, 2.24) is 25.4 Å². The lowest BCUT2D eigenvalue weighted by Gasteiger charge is -2.20. The van der Waals surface area contributed by atoms with Crippen molar-refractivity contribution in [2.75, 3.05) is 0 Å². The molecule has 0 aliphatic rings. The van der Waals surface area contributed by atoms with Crippen LogP contribution in [0.25, 0.3) is 11.3 Å². The van der Waals surface area contributed by atoms with E-state index < -0.39 is 0 Å². The minimum absolute atomic E-state index is 0.226. The normalized spacial score (nSPS) is 10.7. The Morgan fingerprint density at radius 2 is 1.67 bits per heavy atom. The van der Waals surface area contributed by atoms with Gasteiger partial charge in [0.2, 0.25) is 0 Å². The standard InChI is InChI=1S/C24H23N5O/c1-29-17-21(16-27-29)22-14-18(12-13-25-22)15-26-24(30)28-23(19-8-4-2-5-9-19)20-10-6-3-7-11-20/h2-14,16-17,23H,15H2,1H3,(H2,26,28,30). The molecule has 2 heterocycles. The van der Waals surface area contributed by atoms with Crippen LogP contribution >= 0.6 is 0 Å². The van der Waals surface area contributed by atoms with Gasteiger partial charge in [-0.25, -0.2) is 4.79 Å². The second kappa shape index (κ2) is 9.05. The highest BCUT2D eigenvalue weighted by Crippen LogP contribution is 2.21. The summed E-state index contributed by atoms with van der Waals surface area (Å²) in [5.41, 5.74) is 4.80. The van der Waals surface area contributed by atoms with Crippen LogP contribution in [0, 0.1) is 0 Å². The Kier molecular flexibility index (Phi) is 5.85. The summed E-state index contributed by atoms with van der Waals surface area (Å²) < 4.78 is 1.74. The number of hydrogen-bond acceptors (Lipinski definition) is 3.